The van der Waals surface area contributed by atoms with Crippen molar-refractivity contribution in [3.05, 3.63) is 0 Å². The van der Waals surface area contributed by atoms with E-state index in [0.29, 0.717) is 12.5 Å². The molecule has 0 radical (unpaired) electrons. The second-order valence-corrected chi connectivity index (χ2v) is 8.20. The van der Waals surface area contributed by atoms with Crippen LogP contribution in [0, 0.1) is 11.8 Å². The predicted octanol–water partition coefficient (Wildman–Crippen LogP) is 6.48. The van der Waals surface area contributed by atoms with Crippen LogP contribution in [0.25, 0.3) is 0 Å². The summed E-state index contributed by atoms with van der Waals surface area (Å²) in [6, 6.07) is 0.335. The van der Waals surface area contributed by atoms with Gasteiger partial charge < -0.3 is 5.32 Å². The van der Waals surface area contributed by atoms with Crippen LogP contribution in [0.1, 0.15) is 112 Å². The first-order valence-corrected chi connectivity index (χ1v) is 10.2. The van der Waals surface area contributed by atoms with Gasteiger partial charge in [-0.2, -0.15) is 0 Å². The molecule has 2 heteroatoms. The van der Waals surface area contributed by atoms with Gasteiger partial charge in [-0.1, -0.05) is 85.5 Å². The fourth-order valence-corrected chi connectivity index (χ4v) is 2.97. The molecule has 0 saturated heterocycles. The van der Waals surface area contributed by atoms with E-state index in [2.05, 4.69) is 39.9 Å². The largest absolute Gasteiger partial charge is 0.354 e. The topological polar surface area (TPSA) is 29.1 Å². The summed E-state index contributed by atoms with van der Waals surface area (Å²) in [7, 11) is 0. The third-order valence-corrected chi connectivity index (χ3v) is 4.51. The molecule has 138 valence electrons. The molecular weight excluding hydrogens is 282 g/mol. The van der Waals surface area contributed by atoms with Crippen molar-refractivity contribution in [2.45, 2.75) is 118 Å². The van der Waals surface area contributed by atoms with Crippen molar-refractivity contribution in [2.24, 2.45) is 11.8 Å². The van der Waals surface area contributed by atoms with Crippen LogP contribution >= 0.6 is 0 Å². The van der Waals surface area contributed by atoms with Gasteiger partial charge in [-0.25, -0.2) is 0 Å². The summed E-state index contributed by atoms with van der Waals surface area (Å²) in [4.78, 5) is 11.9. The van der Waals surface area contributed by atoms with E-state index in [1.54, 1.807) is 0 Å². The van der Waals surface area contributed by atoms with Crippen molar-refractivity contribution in [1.82, 2.24) is 5.32 Å². The minimum absolute atomic E-state index is 0.249. The molecule has 0 heterocycles. The van der Waals surface area contributed by atoms with Crippen molar-refractivity contribution >= 4 is 5.91 Å². The summed E-state index contributed by atoms with van der Waals surface area (Å²) in [5.74, 6) is 1.86. The Morgan fingerprint density at radius 2 is 1.13 bits per heavy atom. The minimum atomic E-state index is 0.249. The normalized spacial score (nSPS) is 12.8. The fraction of sp³-hybridized carbons (Fsp3) is 0.952. The van der Waals surface area contributed by atoms with Crippen molar-refractivity contribution in [3.8, 4) is 0 Å². The van der Waals surface area contributed by atoms with Gasteiger partial charge in [0.05, 0.1) is 0 Å². The summed E-state index contributed by atoms with van der Waals surface area (Å²) < 4.78 is 0. The molecule has 0 aromatic carbocycles. The lowest BCUT2D eigenvalue weighted by Gasteiger charge is -2.14. The second kappa shape index (κ2) is 15.0. The zero-order valence-electron chi connectivity index (χ0n) is 16.6. The van der Waals surface area contributed by atoms with Gasteiger partial charge in [0.15, 0.2) is 0 Å². The molecule has 23 heavy (non-hydrogen) atoms. The van der Waals surface area contributed by atoms with E-state index in [0.717, 1.165) is 24.7 Å². The molecule has 0 rings (SSSR count). The monoisotopic (exact) mass is 325 g/mol. The molecule has 0 bridgehead atoms. The van der Waals surface area contributed by atoms with E-state index in [-0.39, 0.29) is 5.91 Å². The summed E-state index contributed by atoms with van der Waals surface area (Å²) in [6.07, 6.45) is 14.7. The van der Waals surface area contributed by atoms with Crippen LogP contribution in [-0.4, -0.2) is 11.9 Å². The number of nitrogens with one attached hydrogen (secondary N) is 1. The Labute approximate surface area is 146 Å². The Kier molecular flexibility index (Phi) is 14.7. The third-order valence-electron chi connectivity index (χ3n) is 4.51. The number of carbonyl (C=O) groups excluding carboxylic acids is 1. The number of unbranched alkanes of at least 4 members (excludes halogenated alkanes) is 6. The van der Waals surface area contributed by atoms with Gasteiger partial charge >= 0.3 is 0 Å². The van der Waals surface area contributed by atoms with E-state index in [1.807, 2.05) is 0 Å². The molecule has 0 saturated carbocycles. The van der Waals surface area contributed by atoms with E-state index >= 15 is 0 Å². The quantitative estimate of drug-likeness (QED) is 0.343. The minimum Gasteiger partial charge on any atom is -0.354 e. The van der Waals surface area contributed by atoms with E-state index in [4.69, 9.17) is 0 Å². The Hall–Kier alpha value is -0.530. The Bertz CT molecular complexity index is 273. The highest BCUT2D eigenvalue weighted by atomic mass is 16.1. The molecule has 0 aromatic heterocycles. The van der Waals surface area contributed by atoms with Crippen LogP contribution in [0.15, 0.2) is 0 Å². The smallest absolute Gasteiger partial charge is 0.220 e. The van der Waals surface area contributed by atoms with Crippen LogP contribution in [-0.2, 0) is 4.79 Å². The zero-order chi connectivity index (χ0) is 17.5. The second-order valence-electron chi connectivity index (χ2n) is 8.20. The lowest BCUT2D eigenvalue weighted by Crippen LogP contribution is -2.32. The predicted molar refractivity (Wildman–Crippen MR) is 103 cm³/mol. The molecule has 1 amide bonds. The summed E-state index contributed by atoms with van der Waals surface area (Å²) in [5.41, 5.74) is 0. The lowest BCUT2D eigenvalue weighted by atomic mass is 10.0. The molecule has 0 spiro atoms. The van der Waals surface area contributed by atoms with E-state index < -0.39 is 0 Å². The first-order valence-electron chi connectivity index (χ1n) is 10.2. The molecule has 1 N–H and O–H groups in total. The van der Waals surface area contributed by atoms with Crippen molar-refractivity contribution in [1.29, 1.82) is 0 Å². The molecule has 0 aromatic rings. The first-order chi connectivity index (χ1) is 10.9. The Morgan fingerprint density at radius 3 is 1.70 bits per heavy atom. The zero-order valence-corrected chi connectivity index (χ0v) is 16.6. The lowest BCUT2D eigenvalue weighted by molar-refractivity contribution is -0.121. The number of rotatable bonds is 15. The average molecular weight is 326 g/mol. The average Bonchev–Trinajstić information content (AvgIpc) is 2.44. The van der Waals surface area contributed by atoms with Crippen molar-refractivity contribution in [2.75, 3.05) is 0 Å². The fourth-order valence-electron chi connectivity index (χ4n) is 2.97. The maximum absolute atomic E-state index is 11.9. The Morgan fingerprint density at radius 1 is 0.652 bits per heavy atom. The molecule has 1 atom stereocenters. The highest BCUT2D eigenvalue weighted by Gasteiger charge is 2.07. The number of carbonyl (C=O) groups is 1. The van der Waals surface area contributed by atoms with Crippen LogP contribution in [0.5, 0.6) is 0 Å². The summed E-state index contributed by atoms with van der Waals surface area (Å²) in [6.45, 7) is 11.3. The van der Waals surface area contributed by atoms with Gasteiger partial charge in [0.25, 0.3) is 0 Å². The van der Waals surface area contributed by atoms with Crippen molar-refractivity contribution in [3.63, 3.8) is 0 Å². The van der Waals surface area contributed by atoms with Crippen LogP contribution in [0.3, 0.4) is 0 Å². The maximum Gasteiger partial charge on any atom is 0.220 e. The maximum atomic E-state index is 11.9. The Balaban J connectivity index is 3.36. The van der Waals surface area contributed by atoms with E-state index in [1.165, 1.54) is 57.8 Å². The van der Waals surface area contributed by atoms with Gasteiger partial charge in [-0.05, 0) is 31.6 Å². The summed E-state index contributed by atoms with van der Waals surface area (Å²) in [5, 5.41) is 3.14. The highest BCUT2D eigenvalue weighted by molar-refractivity contribution is 5.76. The van der Waals surface area contributed by atoms with Crippen LogP contribution in [0.4, 0.5) is 0 Å². The number of hydrogen-bond acceptors (Lipinski definition) is 1. The molecule has 1 unspecified atom stereocenters. The molecule has 0 aliphatic carbocycles. The molecule has 0 fully saturated rings. The molecule has 2 nitrogen and oxygen atoms in total. The van der Waals surface area contributed by atoms with Crippen molar-refractivity contribution < 1.29 is 4.79 Å². The van der Waals surface area contributed by atoms with Gasteiger partial charge in [0, 0.05) is 12.5 Å². The van der Waals surface area contributed by atoms with Gasteiger partial charge in [-0.3, -0.25) is 4.79 Å². The highest BCUT2D eigenvalue weighted by Crippen LogP contribution is 2.13. The third kappa shape index (κ3) is 17.7. The number of amides is 1. The van der Waals surface area contributed by atoms with Crippen LogP contribution in [0.2, 0.25) is 0 Å². The molecule has 0 aliphatic rings. The molecular formula is C21H43NO. The summed E-state index contributed by atoms with van der Waals surface area (Å²) >= 11 is 0. The number of hydrogen-bond donors (Lipinski definition) is 1. The standard InChI is InChI=1S/C21H43NO/c1-18(2)14-11-9-7-6-8-10-12-17-21(23)22-20(5)16-13-15-19(3)4/h18-20H,6-17H2,1-5H3,(H,22,23). The first kappa shape index (κ1) is 22.5. The van der Waals surface area contributed by atoms with Gasteiger partial charge in [0.1, 0.15) is 0 Å². The van der Waals surface area contributed by atoms with E-state index in [9.17, 15) is 4.79 Å². The van der Waals surface area contributed by atoms with Gasteiger partial charge in [0.2, 0.25) is 5.91 Å². The van der Waals surface area contributed by atoms with Crippen LogP contribution < -0.4 is 5.32 Å². The molecule has 0 aliphatic heterocycles. The van der Waals surface area contributed by atoms with Gasteiger partial charge in [-0.15, -0.1) is 0 Å². The SMILES string of the molecule is CC(C)CCCCCCCCCC(=O)NC(C)CCCC(C)C.